The molecule has 2 N–H and O–H groups in total. The van der Waals surface area contributed by atoms with E-state index in [4.69, 9.17) is 5.73 Å². The van der Waals surface area contributed by atoms with Crippen LogP contribution in [0, 0.1) is 6.92 Å². The molecule has 0 unspecified atom stereocenters. The third kappa shape index (κ3) is 1.92. The van der Waals surface area contributed by atoms with Crippen molar-refractivity contribution in [3.8, 4) is 11.4 Å². The number of aryl methyl sites for hydroxylation is 2. The lowest BCUT2D eigenvalue weighted by atomic mass is 10.3. The second-order valence-corrected chi connectivity index (χ2v) is 4.21. The van der Waals surface area contributed by atoms with Gasteiger partial charge in [0.2, 0.25) is 0 Å². The van der Waals surface area contributed by atoms with Gasteiger partial charge in [0.05, 0.1) is 21.9 Å². The Labute approximate surface area is 102 Å². The molecule has 2 rings (SSSR count). The topological polar surface area (TPSA) is 69.6 Å². The Morgan fingerprint density at radius 2 is 2.19 bits per heavy atom. The SMILES string of the molecule is CCn1cc(-c2nc(C)c(Br)c(N)n2)cn1. The van der Waals surface area contributed by atoms with E-state index in [0.29, 0.717) is 11.6 Å². The lowest BCUT2D eigenvalue weighted by Gasteiger charge is -2.03. The molecular weight excluding hydrogens is 270 g/mol. The molecule has 6 heteroatoms. The highest BCUT2D eigenvalue weighted by Gasteiger charge is 2.09. The van der Waals surface area contributed by atoms with E-state index in [1.165, 1.54) is 0 Å². The quantitative estimate of drug-likeness (QED) is 0.914. The third-order valence-electron chi connectivity index (χ3n) is 2.26. The molecule has 0 spiro atoms. The number of aromatic nitrogens is 4. The zero-order valence-electron chi connectivity index (χ0n) is 9.11. The molecule has 0 radical (unpaired) electrons. The molecule has 0 bridgehead atoms. The first-order valence-corrected chi connectivity index (χ1v) is 5.73. The molecule has 0 aromatic carbocycles. The molecule has 0 saturated heterocycles. The van der Waals surface area contributed by atoms with E-state index in [-0.39, 0.29) is 0 Å². The van der Waals surface area contributed by atoms with E-state index >= 15 is 0 Å². The average molecular weight is 282 g/mol. The summed E-state index contributed by atoms with van der Waals surface area (Å²) in [5, 5.41) is 4.18. The van der Waals surface area contributed by atoms with Crippen molar-refractivity contribution in [2.45, 2.75) is 20.4 Å². The van der Waals surface area contributed by atoms with Gasteiger partial charge in [-0.15, -0.1) is 0 Å². The summed E-state index contributed by atoms with van der Waals surface area (Å²) in [7, 11) is 0. The summed E-state index contributed by atoms with van der Waals surface area (Å²) < 4.78 is 2.57. The molecule has 0 fully saturated rings. The highest BCUT2D eigenvalue weighted by atomic mass is 79.9. The van der Waals surface area contributed by atoms with Crippen LogP contribution in [0.3, 0.4) is 0 Å². The van der Waals surface area contributed by atoms with Crippen LogP contribution < -0.4 is 5.73 Å². The number of nitrogens with zero attached hydrogens (tertiary/aromatic N) is 4. The maximum absolute atomic E-state index is 5.77. The van der Waals surface area contributed by atoms with Gasteiger partial charge in [-0.3, -0.25) is 4.68 Å². The molecule has 0 saturated carbocycles. The number of anilines is 1. The van der Waals surface area contributed by atoms with E-state index in [0.717, 1.165) is 22.3 Å². The summed E-state index contributed by atoms with van der Waals surface area (Å²) in [6, 6.07) is 0. The standard InChI is InChI=1S/C10H12BrN5/c1-3-16-5-7(4-13-16)10-14-6(2)8(11)9(12)15-10/h4-5H,3H2,1-2H3,(H2,12,14,15). The summed E-state index contributed by atoms with van der Waals surface area (Å²) in [5.41, 5.74) is 7.48. The van der Waals surface area contributed by atoms with Crippen LogP contribution in [0.2, 0.25) is 0 Å². The van der Waals surface area contributed by atoms with Crippen LogP contribution in [0.1, 0.15) is 12.6 Å². The second kappa shape index (κ2) is 4.21. The predicted octanol–water partition coefficient (Wildman–Crippen LogP) is 2.01. The maximum Gasteiger partial charge on any atom is 0.165 e. The van der Waals surface area contributed by atoms with E-state index in [1.807, 2.05) is 24.7 Å². The molecule has 2 aromatic rings. The molecule has 0 amide bonds. The number of halogens is 1. The highest BCUT2D eigenvalue weighted by molar-refractivity contribution is 9.10. The van der Waals surface area contributed by atoms with Gasteiger partial charge in [-0.25, -0.2) is 9.97 Å². The fraction of sp³-hybridized carbons (Fsp3) is 0.300. The molecule has 84 valence electrons. The fourth-order valence-electron chi connectivity index (χ4n) is 1.36. The Balaban J connectivity index is 2.48. The van der Waals surface area contributed by atoms with Gasteiger partial charge in [-0.2, -0.15) is 5.10 Å². The molecule has 0 atom stereocenters. The van der Waals surface area contributed by atoms with Crippen molar-refractivity contribution < 1.29 is 0 Å². The van der Waals surface area contributed by atoms with E-state index < -0.39 is 0 Å². The fourth-order valence-corrected chi connectivity index (χ4v) is 1.54. The van der Waals surface area contributed by atoms with Crippen LogP contribution in [0.5, 0.6) is 0 Å². The monoisotopic (exact) mass is 281 g/mol. The van der Waals surface area contributed by atoms with Crippen molar-refractivity contribution in [1.29, 1.82) is 0 Å². The van der Waals surface area contributed by atoms with Gasteiger partial charge < -0.3 is 5.73 Å². The van der Waals surface area contributed by atoms with Crippen molar-refractivity contribution in [2.75, 3.05) is 5.73 Å². The predicted molar refractivity (Wildman–Crippen MR) is 65.8 cm³/mol. The lowest BCUT2D eigenvalue weighted by Crippen LogP contribution is -1.99. The molecule has 0 aliphatic heterocycles. The molecule has 2 heterocycles. The Morgan fingerprint density at radius 1 is 1.44 bits per heavy atom. The van der Waals surface area contributed by atoms with Gasteiger partial charge in [0.25, 0.3) is 0 Å². The molecule has 0 aliphatic rings. The maximum atomic E-state index is 5.77. The van der Waals surface area contributed by atoms with E-state index in [2.05, 4.69) is 31.0 Å². The summed E-state index contributed by atoms with van der Waals surface area (Å²) in [5.74, 6) is 1.06. The molecule has 16 heavy (non-hydrogen) atoms. The Bertz CT molecular complexity index is 497. The molecule has 0 aliphatic carbocycles. The first-order valence-electron chi connectivity index (χ1n) is 4.94. The van der Waals surface area contributed by atoms with Crippen LogP contribution in [0.4, 0.5) is 5.82 Å². The van der Waals surface area contributed by atoms with Crippen molar-refractivity contribution in [3.05, 3.63) is 22.6 Å². The normalized spacial score (nSPS) is 10.7. The number of rotatable bonds is 2. The van der Waals surface area contributed by atoms with Gasteiger partial charge in [-0.1, -0.05) is 0 Å². The van der Waals surface area contributed by atoms with Gasteiger partial charge in [0.15, 0.2) is 5.82 Å². The molecule has 2 aromatic heterocycles. The van der Waals surface area contributed by atoms with E-state index in [9.17, 15) is 0 Å². The lowest BCUT2D eigenvalue weighted by molar-refractivity contribution is 0.660. The Morgan fingerprint density at radius 3 is 2.75 bits per heavy atom. The minimum absolute atomic E-state index is 0.451. The van der Waals surface area contributed by atoms with Crippen molar-refractivity contribution >= 4 is 21.7 Å². The summed E-state index contributed by atoms with van der Waals surface area (Å²) >= 11 is 3.33. The number of nitrogen functional groups attached to an aromatic ring is 1. The Kier molecular flexibility index (Phi) is 2.91. The minimum Gasteiger partial charge on any atom is -0.383 e. The van der Waals surface area contributed by atoms with Gasteiger partial charge >= 0.3 is 0 Å². The van der Waals surface area contributed by atoms with E-state index in [1.54, 1.807) is 6.20 Å². The zero-order valence-corrected chi connectivity index (χ0v) is 10.7. The largest absolute Gasteiger partial charge is 0.383 e. The molecular formula is C10H12BrN5. The first kappa shape index (κ1) is 11.1. The van der Waals surface area contributed by atoms with Crippen molar-refractivity contribution in [3.63, 3.8) is 0 Å². The third-order valence-corrected chi connectivity index (χ3v) is 3.24. The van der Waals surface area contributed by atoms with Crippen LogP contribution in [-0.2, 0) is 6.54 Å². The molecule has 5 nitrogen and oxygen atoms in total. The van der Waals surface area contributed by atoms with Gasteiger partial charge in [0.1, 0.15) is 5.82 Å². The number of hydrogen-bond acceptors (Lipinski definition) is 4. The van der Waals surface area contributed by atoms with Crippen molar-refractivity contribution in [1.82, 2.24) is 19.7 Å². The van der Waals surface area contributed by atoms with Crippen LogP contribution >= 0.6 is 15.9 Å². The smallest absolute Gasteiger partial charge is 0.165 e. The second-order valence-electron chi connectivity index (χ2n) is 3.42. The number of nitrogens with two attached hydrogens (primary N) is 1. The Hall–Kier alpha value is -1.43. The van der Waals surface area contributed by atoms with Crippen molar-refractivity contribution in [2.24, 2.45) is 0 Å². The van der Waals surface area contributed by atoms with Crippen LogP contribution in [0.15, 0.2) is 16.9 Å². The average Bonchev–Trinajstić information content (AvgIpc) is 2.73. The first-order chi connectivity index (χ1) is 7.61. The van der Waals surface area contributed by atoms with Gasteiger partial charge in [0, 0.05) is 12.7 Å². The van der Waals surface area contributed by atoms with Crippen LogP contribution in [0.25, 0.3) is 11.4 Å². The van der Waals surface area contributed by atoms with Gasteiger partial charge in [-0.05, 0) is 29.8 Å². The van der Waals surface area contributed by atoms with Crippen LogP contribution in [-0.4, -0.2) is 19.7 Å². The number of hydrogen-bond donors (Lipinski definition) is 1. The summed E-state index contributed by atoms with van der Waals surface area (Å²) in [4.78, 5) is 8.58. The summed E-state index contributed by atoms with van der Waals surface area (Å²) in [6.45, 7) is 4.74. The summed E-state index contributed by atoms with van der Waals surface area (Å²) in [6.07, 6.45) is 3.65. The highest BCUT2D eigenvalue weighted by Crippen LogP contribution is 2.24. The zero-order chi connectivity index (χ0) is 11.7. The minimum atomic E-state index is 0.451.